The molecule has 0 atom stereocenters. The number of rotatable bonds is 4. The van der Waals surface area contributed by atoms with Gasteiger partial charge < -0.3 is 14.8 Å². The minimum atomic E-state index is -1.44. The largest absolute Gasteiger partial charge is 1.00 e. The molecular formula is C18H12ClKN2O5. The summed E-state index contributed by atoms with van der Waals surface area (Å²) in [5.41, 5.74) is 0.439. The number of fused-ring (bicyclic) bond motifs is 1. The van der Waals surface area contributed by atoms with Gasteiger partial charge in [-0.1, -0.05) is 23.7 Å². The second kappa shape index (κ2) is 8.64. The molecule has 27 heavy (non-hydrogen) atoms. The van der Waals surface area contributed by atoms with Gasteiger partial charge >= 0.3 is 51.4 Å². The molecule has 1 aliphatic heterocycles. The first-order valence-electron chi connectivity index (χ1n) is 7.54. The zero-order valence-corrected chi connectivity index (χ0v) is 18.4. The number of anilines is 1. The fraction of sp³-hybridized carbons (Fsp3) is 0.111. The van der Waals surface area contributed by atoms with Crippen molar-refractivity contribution in [3.63, 3.8) is 0 Å². The van der Waals surface area contributed by atoms with Crippen molar-refractivity contribution in [3.05, 3.63) is 64.2 Å². The summed E-state index contributed by atoms with van der Waals surface area (Å²) >= 11 is 5.95. The van der Waals surface area contributed by atoms with Gasteiger partial charge in [0.2, 0.25) is 0 Å². The Morgan fingerprint density at radius 3 is 2.15 bits per heavy atom. The number of aliphatic carboxylic acids is 1. The molecule has 7 nitrogen and oxygen atoms in total. The summed E-state index contributed by atoms with van der Waals surface area (Å²) in [6.45, 7) is -0.646. The van der Waals surface area contributed by atoms with Crippen LogP contribution >= 0.6 is 11.6 Å². The van der Waals surface area contributed by atoms with Crippen molar-refractivity contribution in [2.24, 2.45) is 0 Å². The Kier molecular flexibility index (Phi) is 6.96. The molecule has 0 bridgehead atoms. The molecule has 0 radical (unpaired) electrons. The van der Waals surface area contributed by atoms with E-state index in [4.69, 9.17) is 11.6 Å². The Labute approximate surface area is 202 Å². The van der Waals surface area contributed by atoms with Crippen LogP contribution in [0.25, 0.3) is 0 Å². The van der Waals surface area contributed by atoms with Gasteiger partial charge in [0.15, 0.2) is 0 Å². The average Bonchev–Trinajstić information content (AvgIpc) is 2.85. The number of likely N-dealkylation sites (N-methyl/N-ethyl adjacent to an activating group) is 1. The van der Waals surface area contributed by atoms with E-state index in [0.29, 0.717) is 0 Å². The number of hydrogen-bond acceptors (Lipinski definition) is 5. The van der Waals surface area contributed by atoms with Crippen molar-refractivity contribution in [1.29, 1.82) is 0 Å². The molecule has 1 heterocycles. The molecule has 0 fully saturated rings. The number of imide groups is 1. The van der Waals surface area contributed by atoms with Gasteiger partial charge in [-0.2, -0.15) is 0 Å². The number of carboxylic acid groups (broad SMARTS) is 1. The maximum Gasteiger partial charge on any atom is 1.00 e. The number of nitrogens with zero attached hydrogens (tertiary/aromatic N) is 2. The molecule has 0 N–H and O–H groups in total. The number of halogens is 1. The van der Waals surface area contributed by atoms with Crippen LogP contribution in [0.1, 0.15) is 31.1 Å². The van der Waals surface area contributed by atoms with E-state index in [1.165, 1.54) is 37.4 Å². The summed E-state index contributed by atoms with van der Waals surface area (Å²) in [6, 6.07) is 10.4. The molecule has 2 aromatic carbocycles. The number of carbonyl (C=O) groups is 4. The van der Waals surface area contributed by atoms with Gasteiger partial charge in [-0.25, -0.2) is 4.90 Å². The van der Waals surface area contributed by atoms with Gasteiger partial charge in [-0.05, 0) is 30.3 Å². The SMILES string of the molecule is CN(CC(=O)[O-])C(=O)c1cc(Cl)ccc1N1C(=O)c2ccccc2C1=O.[K+]. The first-order chi connectivity index (χ1) is 12.3. The first-order valence-corrected chi connectivity index (χ1v) is 7.91. The molecule has 3 rings (SSSR count). The number of benzene rings is 2. The fourth-order valence-electron chi connectivity index (χ4n) is 2.75. The zero-order chi connectivity index (χ0) is 19.0. The molecule has 9 heteroatoms. The summed E-state index contributed by atoms with van der Waals surface area (Å²) in [5.74, 6) is -3.28. The van der Waals surface area contributed by atoms with Crippen LogP contribution in [0.15, 0.2) is 42.5 Å². The quantitative estimate of drug-likeness (QED) is 0.427. The third-order valence-corrected chi connectivity index (χ3v) is 4.17. The normalized spacial score (nSPS) is 12.4. The Balaban J connectivity index is 0.00000261. The van der Waals surface area contributed by atoms with Crippen molar-refractivity contribution in [1.82, 2.24) is 4.90 Å². The Bertz CT molecular complexity index is 928. The predicted octanol–water partition coefficient (Wildman–Crippen LogP) is -2.03. The smallest absolute Gasteiger partial charge is 0.548 e. The standard InChI is InChI=1S/C18H13ClN2O5.K/c1-20(9-15(22)23)16(24)13-8-10(19)6-7-14(13)21-17(25)11-4-2-3-5-12(11)18(21)26;/h2-8H,9H2,1H3,(H,22,23);/q;+1/p-1. The molecule has 0 saturated carbocycles. The van der Waals surface area contributed by atoms with Crippen LogP contribution in [0.3, 0.4) is 0 Å². The fourth-order valence-corrected chi connectivity index (χ4v) is 2.93. The third kappa shape index (κ3) is 4.15. The summed E-state index contributed by atoms with van der Waals surface area (Å²) in [7, 11) is 1.27. The van der Waals surface area contributed by atoms with Crippen LogP contribution in [0, 0.1) is 0 Å². The minimum Gasteiger partial charge on any atom is -0.548 e. The van der Waals surface area contributed by atoms with Crippen molar-refractivity contribution in [3.8, 4) is 0 Å². The molecule has 0 unspecified atom stereocenters. The second-order valence-electron chi connectivity index (χ2n) is 5.69. The predicted molar refractivity (Wildman–Crippen MR) is 91.0 cm³/mol. The van der Waals surface area contributed by atoms with E-state index < -0.39 is 30.2 Å². The van der Waals surface area contributed by atoms with Gasteiger partial charge in [-0.15, -0.1) is 0 Å². The van der Waals surface area contributed by atoms with Gasteiger partial charge in [-0.3, -0.25) is 14.4 Å². The van der Waals surface area contributed by atoms with Crippen molar-refractivity contribution in [2.75, 3.05) is 18.5 Å². The molecule has 0 spiro atoms. The summed E-state index contributed by atoms with van der Waals surface area (Å²) in [6.07, 6.45) is 0. The van der Waals surface area contributed by atoms with Gasteiger partial charge in [0.1, 0.15) is 0 Å². The van der Waals surface area contributed by atoms with Crippen molar-refractivity contribution < 1.29 is 75.7 Å². The van der Waals surface area contributed by atoms with Crippen LogP contribution in [-0.4, -0.2) is 42.2 Å². The zero-order valence-electron chi connectivity index (χ0n) is 14.6. The topological polar surface area (TPSA) is 97.8 Å². The molecule has 3 amide bonds. The van der Waals surface area contributed by atoms with Gasteiger partial charge in [0.25, 0.3) is 17.7 Å². The van der Waals surface area contributed by atoms with E-state index in [-0.39, 0.29) is 78.8 Å². The maximum absolute atomic E-state index is 12.7. The Morgan fingerprint density at radius 1 is 1.07 bits per heavy atom. The first kappa shape index (κ1) is 21.7. The van der Waals surface area contributed by atoms with E-state index in [1.807, 2.05) is 0 Å². The minimum absolute atomic E-state index is 0. The number of carboxylic acids is 1. The molecule has 0 aliphatic carbocycles. The van der Waals surface area contributed by atoms with Crippen LogP contribution in [0.4, 0.5) is 5.69 Å². The third-order valence-electron chi connectivity index (χ3n) is 3.94. The van der Waals surface area contributed by atoms with Gasteiger partial charge in [0, 0.05) is 12.1 Å². The van der Waals surface area contributed by atoms with Crippen LogP contribution in [-0.2, 0) is 4.79 Å². The molecule has 1 aliphatic rings. The van der Waals surface area contributed by atoms with E-state index in [9.17, 15) is 24.3 Å². The summed E-state index contributed by atoms with van der Waals surface area (Å²) < 4.78 is 0. The molecule has 0 saturated heterocycles. The van der Waals surface area contributed by atoms with E-state index in [0.717, 1.165) is 9.80 Å². The molecule has 0 aromatic heterocycles. The summed E-state index contributed by atoms with van der Waals surface area (Å²) in [4.78, 5) is 50.5. The molecule has 2 aromatic rings. The summed E-state index contributed by atoms with van der Waals surface area (Å²) in [5, 5.41) is 11.0. The molecular weight excluding hydrogens is 399 g/mol. The van der Waals surface area contributed by atoms with E-state index in [2.05, 4.69) is 0 Å². The van der Waals surface area contributed by atoms with E-state index >= 15 is 0 Å². The Morgan fingerprint density at radius 2 is 1.63 bits per heavy atom. The number of amides is 3. The number of hydrogen-bond donors (Lipinski definition) is 0. The van der Waals surface area contributed by atoms with E-state index in [1.54, 1.807) is 12.1 Å². The van der Waals surface area contributed by atoms with Crippen LogP contribution < -0.4 is 61.4 Å². The van der Waals surface area contributed by atoms with Crippen LogP contribution in [0.2, 0.25) is 5.02 Å². The van der Waals surface area contributed by atoms with Crippen molar-refractivity contribution >= 4 is 41.0 Å². The molecule has 132 valence electrons. The number of carbonyl (C=O) groups excluding carboxylic acids is 4. The maximum atomic E-state index is 12.7. The Hall–Kier alpha value is -1.55. The van der Waals surface area contributed by atoms with Gasteiger partial charge in [0.05, 0.1) is 34.9 Å². The van der Waals surface area contributed by atoms with Crippen molar-refractivity contribution in [2.45, 2.75) is 0 Å². The van der Waals surface area contributed by atoms with Crippen LogP contribution in [0.5, 0.6) is 0 Å². The monoisotopic (exact) mass is 410 g/mol. The average molecular weight is 411 g/mol. The second-order valence-corrected chi connectivity index (χ2v) is 6.12.